The van der Waals surface area contributed by atoms with Crippen molar-refractivity contribution in [3.8, 4) is 5.75 Å². The van der Waals surface area contributed by atoms with E-state index in [2.05, 4.69) is 17.1 Å². The van der Waals surface area contributed by atoms with Crippen molar-refractivity contribution in [2.24, 2.45) is 11.8 Å². The van der Waals surface area contributed by atoms with E-state index in [0.717, 1.165) is 12.8 Å². The Kier molecular flexibility index (Phi) is 6.25. The number of ether oxygens (including phenoxy) is 1. The van der Waals surface area contributed by atoms with E-state index in [4.69, 9.17) is 4.74 Å². The lowest BCUT2D eigenvalue weighted by Gasteiger charge is -2.38. The van der Waals surface area contributed by atoms with E-state index in [-0.39, 0.29) is 42.4 Å². The SMILES string of the molecule is C[C@@H]1CN([C@@H](C)CO)C(=O)c2cccc(NC(=O)C3CC3)c2O[C@H]1CN(C)C. The maximum Gasteiger partial charge on any atom is 0.258 e. The quantitative estimate of drug-likeness (QED) is 0.776. The van der Waals surface area contributed by atoms with Crippen molar-refractivity contribution >= 4 is 17.5 Å². The molecule has 0 radical (unpaired) electrons. The highest BCUT2D eigenvalue weighted by molar-refractivity contribution is 6.02. The number of hydrogen-bond donors (Lipinski definition) is 2. The lowest BCUT2D eigenvalue weighted by atomic mass is 9.99. The summed E-state index contributed by atoms with van der Waals surface area (Å²) in [5.41, 5.74) is 0.960. The highest BCUT2D eigenvalue weighted by atomic mass is 16.5. The Bertz CT molecular complexity index is 732. The topological polar surface area (TPSA) is 82.1 Å². The standard InChI is InChI=1S/C21H31N3O4/c1-13-10-24(14(2)12-25)21(27)16-6-5-7-17(22-20(26)15-8-9-15)19(16)28-18(13)11-23(3)4/h5-7,13-15,18,25H,8-12H2,1-4H3,(H,22,26)/t13-,14+,18+/m1/s1. The molecule has 1 aliphatic heterocycles. The van der Waals surface area contributed by atoms with E-state index in [1.807, 2.05) is 21.0 Å². The first-order chi connectivity index (χ1) is 13.3. The third-order valence-electron chi connectivity index (χ3n) is 5.44. The molecule has 1 aromatic rings. The summed E-state index contributed by atoms with van der Waals surface area (Å²) in [7, 11) is 3.96. The highest BCUT2D eigenvalue weighted by Gasteiger charge is 2.35. The van der Waals surface area contributed by atoms with Crippen LogP contribution in [-0.4, -0.2) is 72.7 Å². The Labute approximate surface area is 166 Å². The molecule has 0 bridgehead atoms. The van der Waals surface area contributed by atoms with Crippen LogP contribution in [0.2, 0.25) is 0 Å². The van der Waals surface area contributed by atoms with Crippen LogP contribution in [0.25, 0.3) is 0 Å². The molecule has 154 valence electrons. The van der Waals surface area contributed by atoms with Crippen molar-refractivity contribution in [3.63, 3.8) is 0 Å². The monoisotopic (exact) mass is 389 g/mol. The van der Waals surface area contributed by atoms with E-state index in [1.165, 1.54) is 0 Å². The molecule has 7 nitrogen and oxygen atoms in total. The summed E-state index contributed by atoms with van der Waals surface area (Å²) >= 11 is 0. The third-order valence-corrected chi connectivity index (χ3v) is 5.44. The van der Waals surface area contributed by atoms with Gasteiger partial charge in [-0.05, 0) is 46.0 Å². The van der Waals surface area contributed by atoms with E-state index in [0.29, 0.717) is 30.1 Å². The molecule has 2 amide bonds. The van der Waals surface area contributed by atoms with Gasteiger partial charge in [-0.2, -0.15) is 0 Å². The van der Waals surface area contributed by atoms with Gasteiger partial charge in [-0.25, -0.2) is 0 Å². The molecule has 1 saturated carbocycles. The first-order valence-electron chi connectivity index (χ1n) is 9.98. The van der Waals surface area contributed by atoms with E-state index >= 15 is 0 Å². The van der Waals surface area contributed by atoms with Gasteiger partial charge in [0.15, 0.2) is 5.75 Å². The van der Waals surface area contributed by atoms with Crippen LogP contribution in [0.4, 0.5) is 5.69 Å². The number of carbonyl (C=O) groups excluding carboxylic acids is 2. The molecule has 0 unspecified atom stereocenters. The first-order valence-corrected chi connectivity index (χ1v) is 9.98. The molecule has 28 heavy (non-hydrogen) atoms. The van der Waals surface area contributed by atoms with Crippen LogP contribution in [-0.2, 0) is 4.79 Å². The number of likely N-dealkylation sites (N-methyl/N-ethyl adjacent to an activating group) is 1. The number of fused-ring (bicyclic) bond motifs is 1. The second kappa shape index (κ2) is 8.49. The summed E-state index contributed by atoms with van der Waals surface area (Å²) in [5.74, 6) is 0.330. The zero-order valence-electron chi connectivity index (χ0n) is 17.1. The van der Waals surface area contributed by atoms with Gasteiger partial charge in [0.05, 0.1) is 23.9 Å². The van der Waals surface area contributed by atoms with E-state index < -0.39 is 0 Å². The summed E-state index contributed by atoms with van der Waals surface area (Å²) in [6, 6.07) is 4.97. The van der Waals surface area contributed by atoms with Crippen molar-refractivity contribution in [3.05, 3.63) is 23.8 Å². The zero-order chi connectivity index (χ0) is 20.4. The van der Waals surface area contributed by atoms with Gasteiger partial charge in [-0.15, -0.1) is 0 Å². The van der Waals surface area contributed by atoms with Crippen molar-refractivity contribution in [2.45, 2.75) is 38.8 Å². The molecule has 1 fully saturated rings. The van der Waals surface area contributed by atoms with E-state index in [1.54, 1.807) is 23.1 Å². The molecule has 1 heterocycles. The normalized spacial score (nSPS) is 23.5. The average molecular weight is 389 g/mol. The number of carbonyl (C=O) groups is 2. The smallest absolute Gasteiger partial charge is 0.258 e. The zero-order valence-corrected chi connectivity index (χ0v) is 17.1. The number of nitrogens with one attached hydrogen (secondary N) is 1. The summed E-state index contributed by atoms with van der Waals surface area (Å²) in [4.78, 5) is 29.4. The van der Waals surface area contributed by atoms with Crippen molar-refractivity contribution in [1.82, 2.24) is 9.80 Å². The van der Waals surface area contributed by atoms with Gasteiger partial charge in [0.2, 0.25) is 5.91 Å². The molecule has 2 aliphatic rings. The lowest BCUT2D eigenvalue weighted by molar-refractivity contribution is -0.117. The van der Waals surface area contributed by atoms with Crippen LogP contribution < -0.4 is 10.1 Å². The number of para-hydroxylation sites is 1. The van der Waals surface area contributed by atoms with Crippen LogP contribution in [0.5, 0.6) is 5.75 Å². The molecule has 0 aromatic heterocycles. The van der Waals surface area contributed by atoms with Crippen molar-refractivity contribution < 1.29 is 19.4 Å². The second-order valence-corrected chi connectivity index (χ2v) is 8.33. The third kappa shape index (κ3) is 4.47. The molecule has 3 atom stereocenters. The number of aliphatic hydroxyl groups excluding tert-OH is 1. The Hall–Kier alpha value is -2.12. The van der Waals surface area contributed by atoms with Crippen molar-refractivity contribution in [2.75, 3.05) is 39.1 Å². The Morgan fingerprint density at radius 2 is 2.11 bits per heavy atom. The second-order valence-electron chi connectivity index (χ2n) is 8.33. The fourth-order valence-corrected chi connectivity index (χ4v) is 3.50. The molecule has 0 saturated heterocycles. The molecular formula is C21H31N3O4. The number of anilines is 1. The minimum Gasteiger partial charge on any atom is -0.486 e. The number of benzene rings is 1. The fourth-order valence-electron chi connectivity index (χ4n) is 3.50. The summed E-state index contributed by atoms with van der Waals surface area (Å²) < 4.78 is 6.36. The summed E-state index contributed by atoms with van der Waals surface area (Å²) in [6.07, 6.45) is 1.65. The van der Waals surface area contributed by atoms with Crippen LogP contribution in [0.1, 0.15) is 37.0 Å². The summed E-state index contributed by atoms with van der Waals surface area (Å²) in [6.45, 7) is 4.96. The lowest BCUT2D eigenvalue weighted by Crippen LogP contribution is -2.49. The number of aliphatic hydroxyl groups is 1. The van der Waals surface area contributed by atoms with Crippen LogP contribution in [0.15, 0.2) is 18.2 Å². The molecule has 0 spiro atoms. The summed E-state index contributed by atoms with van der Waals surface area (Å²) in [5, 5.41) is 12.6. The minimum absolute atomic E-state index is 0.0238. The Morgan fingerprint density at radius 3 is 2.71 bits per heavy atom. The first kappa shape index (κ1) is 20.6. The molecule has 1 aromatic carbocycles. The van der Waals surface area contributed by atoms with Crippen molar-refractivity contribution in [1.29, 1.82) is 0 Å². The maximum atomic E-state index is 13.3. The van der Waals surface area contributed by atoms with Gasteiger partial charge in [0, 0.05) is 24.9 Å². The highest BCUT2D eigenvalue weighted by Crippen LogP contribution is 2.37. The van der Waals surface area contributed by atoms with Crippen LogP contribution in [0, 0.1) is 11.8 Å². The molecular weight excluding hydrogens is 358 g/mol. The van der Waals surface area contributed by atoms with Gasteiger partial charge in [-0.1, -0.05) is 13.0 Å². The van der Waals surface area contributed by atoms with Gasteiger partial charge < -0.3 is 25.0 Å². The maximum absolute atomic E-state index is 13.3. The fraction of sp³-hybridized carbons (Fsp3) is 0.619. The van der Waals surface area contributed by atoms with Gasteiger partial charge in [0.1, 0.15) is 6.10 Å². The van der Waals surface area contributed by atoms with E-state index in [9.17, 15) is 14.7 Å². The Morgan fingerprint density at radius 1 is 1.39 bits per heavy atom. The van der Waals surface area contributed by atoms with Gasteiger partial charge in [0.25, 0.3) is 5.91 Å². The molecule has 2 N–H and O–H groups in total. The number of amides is 2. The molecule has 7 heteroatoms. The number of nitrogens with zero attached hydrogens (tertiary/aromatic N) is 2. The van der Waals surface area contributed by atoms with Gasteiger partial charge in [-0.3, -0.25) is 9.59 Å². The predicted octanol–water partition coefficient (Wildman–Crippen LogP) is 1.82. The van der Waals surface area contributed by atoms with Gasteiger partial charge >= 0.3 is 0 Å². The number of rotatable bonds is 6. The number of hydrogen-bond acceptors (Lipinski definition) is 5. The molecule has 3 rings (SSSR count). The minimum atomic E-state index is -0.300. The van der Waals surface area contributed by atoms with Crippen LogP contribution >= 0.6 is 0 Å². The average Bonchev–Trinajstić information content (AvgIpc) is 3.49. The molecule has 1 aliphatic carbocycles. The Balaban J connectivity index is 2.02. The van der Waals surface area contributed by atoms with Crippen LogP contribution in [0.3, 0.4) is 0 Å². The largest absolute Gasteiger partial charge is 0.486 e. The predicted molar refractivity (Wildman–Crippen MR) is 108 cm³/mol.